The monoisotopic (exact) mass is 281 g/mol. The largest absolute Gasteiger partial charge is 0.508 e. The molecule has 0 amide bonds. The number of rotatable bonds is 4. The fourth-order valence-electron chi connectivity index (χ4n) is 1.65. The molecule has 2 rings (SSSR count). The molecule has 0 aliphatic carbocycles. The first-order chi connectivity index (χ1) is 9.10. The number of aromatic hydroxyl groups is 1. The minimum atomic E-state index is -0.397. The highest BCUT2D eigenvalue weighted by atomic mass is 35.5. The van der Waals surface area contributed by atoms with Crippen molar-refractivity contribution in [2.45, 2.75) is 6.54 Å². The number of anilines is 1. The molecule has 0 aliphatic rings. The summed E-state index contributed by atoms with van der Waals surface area (Å²) in [5.41, 5.74) is 1.11. The minimum absolute atomic E-state index is 0.0351. The third kappa shape index (κ3) is 3.29. The molecule has 0 aliphatic heterocycles. The second-order valence-corrected chi connectivity index (χ2v) is 4.38. The maximum absolute atomic E-state index is 13.1. The molecule has 0 saturated carbocycles. The van der Waals surface area contributed by atoms with E-state index >= 15 is 0 Å². The van der Waals surface area contributed by atoms with Gasteiger partial charge in [0, 0.05) is 18.2 Å². The highest BCUT2D eigenvalue weighted by molar-refractivity contribution is 6.33. The van der Waals surface area contributed by atoms with Crippen molar-refractivity contribution >= 4 is 17.3 Å². The van der Waals surface area contributed by atoms with Crippen molar-refractivity contribution in [3.8, 4) is 11.5 Å². The molecule has 2 N–H and O–H groups in total. The number of nitrogens with one attached hydrogen (secondary N) is 1. The Morgan fingerprint density at radius 2 is 2.05 bits per heavy atom. The summed E-state index contributed by atoms with van der Waals surface area (Å²) in [6.45, 7) is 0.260. The zero-order valence-electron chi connectivity index (χ0n) is 10.3. The molecular weight excluding hydrogens is 269 g/mol. The molecule has 0 bridgehead atoms. The van der Waals surface area contributed by atoms with Crippen LogP contribution in [0.2, 0.25) is 5.02 Å². The highest BCUT2D eigenvalue weighted by Gasteiger charge is 2.06. The average Bonchev–Trinajstić information content (AvgIpc) is 2.41. The molecular formula is C14H13ClFNO2. The van der Waals surface area contributed by atoms with Crippen LogP contribution in [0.3, 0.4) is 0 Å². The van der Waals surface area contributed by atoms with Gasteiger partial charge in [0.15, 0.2) is 0 Å². The Morgan fingerprint density at radius 1 is 1.26 bits per heavy atom. The summed E-state index contributed by atoms with van der Waals surface area (Å²) >= 11 is 6.04. The molecule has 0 radical (unpaired) electrons. The van der Waals surface area contributed by atoms with E-state index < -0.39 is 5.82 Å². The van der Waals surface area contributed by atoms with Gasteiger partial charge in [-0.15, -0.1) is 0 Å². The maximum atomic E-state index is 13.1. The summed E-state index contributed by atoms with van der Waals surface area (Å²) in [6, 6.07) is 8.98. The Kier molecular flexibility index (Phi) is 4.12. The molecule has 100 valence electrons. The molecule has 19 heavy (non-hydrogen) atoms. The first-order valence-corrected chi connectivity index (χ1v) is 6.03. The Balaban J connectivity index is 2.16. The predicted molar refractivity (Wildman–Crippen MR) is 73.4 cm³/mol. The molecule has 0 fully saturated rings. The van der Waals surface area contributed by atoms with E-state index in [-0.39, 0.29) is 12.3 Å². The van der Waals surface area contributed by atoms with E-state index in [2.05, 4.69) is 5.32 Å². The van der Waals surface area contributed by atoms with Crippen LogP contribution in [0, 0.1) is 5.82 Å². The lowest BCUT2D eigenvalue weighted by Crippen LogP contribution is -2.01. The van der Waals surface area contributed by atoms with Crippen molar-refractivity contribution in [3.63, 3.8) is 0 Å². The number of benzene rings is 2. The predicted octanol–water partition coefficient (Wildman–Crippen LogP) is 3.81. The third-order valence-corrected chi connectivity index (χ3v) is 3.01. The first kappa shape index (κ1) is 13.5. The first-order valence-electron chi connectivity index (χ1n) is 5.65. The van der Waals surface area contributed by atoms with E-state index in [0.29, 0.717) is 22.0 Å². The molecule has 0 aromatic heterocycles. The van der Waals surface area contributed by atoms with E-state index in [4.69, 9.17) is 16.3 Å². The molecule has 3 nitrogen and oxygen atoms in total. The lowest BCUT2D eigenvalue weighted by atomic mass is 10.2. The quantitative estimate of drug-likeness (QED) is 0.895. The number of phenols is 1. The van der Waals surface area contributed by atoms with Crippen molar-refractivity contribution in [2.24, 2.45) is 0 Å². The van der Waals surface area contributed by atoms with Crippen LogP contribution >= 0.6 is 11.6 Å². The number of methoxy groups -OCH3 is 1. The Morgan fingerprint density at radius 3 is 2.79 bits per heavy atom. The number of halogens is 2. The molecule has 2 aromatic carbocycles. The molecule has 5 heteroatoms. The van der Waals surface area contributed by atoms with Gasteiger partial charge in [-0.1, -0.05) is 11.6 Å². The summed E-state index contributed by atoms with van der Waals surface area (Å²) < 4.78 is 18.2. The number of hydrogen-bond donors (Lipinski definition) is 2. The lowest BCUT2D eigenvalue weighted by Gasteiger charge is -2.11. The third-order valence-electron chi connectivity index (χ3n) is 2.68. The Labute approximate surface area is 115 Å². The van der Waals surface area contributed by atoms with Crippen molar-refractivity contribution in [1.82, 2.24) is 0 Å². The highest BCUT2D eigenvalue weighted by Crippen LogP contribution is 2.28. The van der Waals surface area contributed by atoms with Crippen LogP contribution in [0.5, 0.6) is 11.5 Å². The number of ether oxygens (including phenoxy) is 1. The second kappa shape index (κ2) is 5.80. The smallest absolute Gasteiger partial charge is 0.123 e. The topological polar surface area (TPSA) is 41.5 Å². The van der Waals surface area contributed by atoms with Crippen LogP contribution in [0.1, 0.15) is 5.56 Å². The van der Waals surface area contributed by atoms with Crippen LogP contribution in [-0.4, -0.2) is 12.2 Å². The van der Waals surface area contributed by atoms with Crippen molar-refractivity contribution in [2.75, 3.05) is 12.4 Å². The molecule has 0 saturated heterocycles. The fraction of sp³-hybridized carbons (Fsp3) is 0.143. The van der Waals surface area contributed by atoms with Crippen LogP contribution in [0.25, 0.3) is 0 Å². The number of hydrogen-bond acceptors (Lipinski definition) is 3. The van der Waals surface area contributed by atoms with E-state index in [9.17, 15) is 9.50 Å². The summed E-state index contributed by atoms with van der Waals surface area (Å²) in [6.07, 6.45) is 0. The maximum Gasteiger partial charge on any atom is 0.123 e. The lowest BCUT2D eigenvalue weighted by molar-refractivity contribution is 0.415. The van der Waals surface area contributed by atoms with Gasteiger partial charge in [0.25, 0.3) is 0 Å². The Hall–Kier alpha value is -1.94. The van der Waals surface area contributed by atoms with Gasteiger partial charge in [-0.05, 0) is 30.3 Å². The van der Waals surface area contributed by atoms with Gasteiger partial charge >= 0.3 is 0 Å². The fourth-order valence-corrected chi connectivity index (χ4v) is 1.84. The normalized spacial score (nSPS) is 10.3. The van der Waals surface area contributed by atoms with E-state index in [1.54, 1.807) is 25.3 Å². The molecule has 0 atom stereocenters. The average molecular weight is 282 g/mol. The molecule has 0 spiro atoms. The van der Waals surface area contributed by atoms with Gasteiger partial charge in [-0.2, -0.15) is 0 Å². The standard InChI is InChI=1S/C14H13ClFNO2/c1-19-11-3-4-12(15)13(7-11)17-8-9-6-10(16)2-5-14(9)18/h2-7,17-18H,8H2,1H3. The van der Waals surface area contributed by atoms with Crippen LogP contribution in [-0.2, 0) is 6.54 Å². The van der Waals surface area contributed by atoms with Crippen molar-refractivity contribution < 1.29 is 14.2 Å². The SMILES string of the molecule is COc1ccc(Cl)c(NCc2cc(F)ccc2O)c1. The van der Waals surface area contributed by atoms with Crippen molar-refractivity contribution in [3.05, 3.63) is 52.8 Å². The van der Waals surface area contributed by atoms with Gasteiger partial charge in [-0.3, -0.25) is 0 Å². The zero-order chi connectivity index (χ0) is 13.8. The molecule has 2 aromatic rings. The number of phenolic OH excluding ortho intramolecular Hbond substituents is 1. The van der Waals surface area contributed by atoms with E-state index in [1.165, 1.54) is 18.2 Å². The zero-order valence-corrected chi connectivity index (χ0v) is 11.0. The van der Waals surface area contributed by atoms with E-state index in [0.717, 1.165) is 0 Å². The minimum Gasteiger partial charge on any atom is -0.508 e. The van der Waals surface area contributed by atoms with Gasteiger partial charge in [-0.25, -0.2) is 4.39 Å². The van der Waals surface area contributed by atoms with Gasteiger partial charge in [0.1, 0.15) is 17.3 Å². The van der Waals surface area contributed by atoms with E-state index in [1.807, 2.05) is 0 Å². The van der Waals surface area contributed by atoms with Crippen molar-refractivity contribution in [1.29, 1.82) is 0 Å². The molecule has 0 heterocycles. The summed E-state index contributed by atoms with van der Waals surface area (Å²) in [5, 5.41) is 13.2. The van der Waals surface area contributed by atoms with Gasteiger partial charge < -0.3 is 15.2 Å². The Bertz CT molecular complexity index is 590. The van der Waals surface area contributed by atoms with Gasteiger partial charge in [0.05, 0.1) is 17.8 Å². The van der Waals surface area contributed by atoms with Crippen LogP contribution in [0.15, 0.2) is 36.4 Å². The van der Waals surface area contributed by atoms with Crippen LogP contribution in [0.4, 0.5) is 10.1 Å². The second-order valence-electron chi connectivity index (χ2n) is 3.97. The summed E-state index contributed by atoms with van der Waals surface area (Å²) in [4.78, 5) is 0. The summed E-state index contributed by atoms with van der Waals surface area (Å²) in [7, 11) is 1.56. The summed E-state index contributed by atoms with van der Waals surface area (Å²) in [5.74, 6) is 0.301. The van der Waals surface area contributed by atoms with Crippen LogP contribution < -0.4 is 10.1 Å². The molecule has 0 unspecified atom stereocenters. The van der Waals surface area contributed by atoms with Gasteiger partial charge in [0.2, 0.25) is 0 Å².